The molecule has 1 aliphatic rings. The minimum absolute atomic E-state index is 0.104. The zero-order chi connectivity index (χ0) is 24.5. The number of aromatic amines is 1. The van der Waals surface area contributed by atoms with Gasteiger partial charge in [-0.05, 0) is 44.2 Å². The van der Waals surface area contributed by atoms with E-state index in [1.54, 1.807) is 25.3 Å². The minimum Gasteiger partial charge on any atom is -0.352 e. The largest absolute Gasteiger partial charge is 0.352 e. The molecule has 0 radical (unpaired) electrons. The van der Waals surface area contributed by atoms with Crippen LogP contribution in [0.25, 0.3) is 22.3 Å². The molecule has 1 saturated heterocycles. The van der Waals surface area contributed by atoms with Crippen molar-refractivity contribution in [1.29, 1.82) is 0 Å². The van der Waals surface area contributed by atoms with Gasteiger partial charge in [0.15, 0.2) is 0 Å². The summed E-state index contributed by atoms with van der Waals surface area (Å²) in [6.45, 7) is 7.23. The Morgan fingerprint density at radius 1 is 1.03 bits per heavy atom. The molecule has 2 amide bonds. The number of hydrogen-bond donors (Lipinski definition) is 2. The van der Waals surface area contributed by atoms with E-state index >= 15 is 0 Å². The Labute approximate surface area is 204 Å². The van der Waals surface area contributed by atoms with Gasteiger partial charge in [0.05, 0.1) is 17.6 Å². The van der Waals surface area contributed by atoms with Gasteiger partial charge in [0, 0.05) is 54.8 Å². The van der Waals surface area contributed by atoms with Crippen molar-refractivity contribution < 1.29 is 9.59 Å². The molecule has 0 bridgehead atoms. The highest BCUT2D eigenvalue weighted by Crippen LogP contribution is 2.30. The predicted octanol–water partition coefficient (Wildman–Crippen LogP) is 4.32. The Balaban J connectivity index is 1.42. The van der Waals surface area contributed by atoms with Crippen LogP contribution in [0.2, 0.25) is 0 Å². The molecule has 5 rings (SSSR count). The molecule has 0 aliphatic carbocycles. The van der Waals surface area contributed by atoms with Gasteiger partial charge in [-0.3, -0.25) is 9.59 Å². The molecule has 1 aromatic carbocycles. The first-order valence-electron chi connectivity index (χ1n) is 11.8. The highest BCUT2D eigenvalue weighted by molar-refractivity contribution is 6.05. The first-order chi connectivity index (χ1) is 16.9. The lowest BCUT2D eigenvalue weighted by Crippen LogP contribution is -2.58. The number of amides is 2. The van der Waals surface area contributed by atoms with Crippen LogP contribution in [0, 0.1) is 0 Å². The third-order valence-corrected chi connectivity index (χ3v) is 6.44. The fourth-order valence-corrected chi connectivity index (χ4v) is 4.96. The summed E-state index contributed by atoms with van der Waals surface area (Å²) in [5.74, 6) is 0.796. The minimum atomic E-state index is -0.183. The molecule has 0 unspecified atom stereocenters. The molecule has 0 spiro atoms. The number of rotatable bonds is 4. The van der Waals surface area contributed by atoms with Crippen LogP contribution in [0.3, 0.4) is 0 Å². The summed E-state index contributed by atoms with van der Waals surface area (Å²) in [7, 11) is 0. The summed E-state index contributed by atoms with van der Waals surface area (Å²) in [4.78, 5) is 41.4. The molecule has 1 aliphatic heterocycles. The second kappa shape index (κ2) is 9.21. The number of H-pyrrole nitrogens is 1. The van der Waals surface area contributed by atoms with Crippen LogP contribution >= 0.6 is 0 Å². The van der Waals surface area contributed by atoms with E-state index in [0.717, 1.165) is 41.2 Å². The van der Waals surface area contributed by atoms with E-state index in [2.05, 4.69) is 34.0 Å². The normalized spacial score (nSPS) is 18.0. The number of fused-ring (bicyclic) bond motifs is 1. The summed E-state index contributed by atoms with van der Waals surface area (Å²) in [6.07, 6.45) is 3.54. The lowest BCUT2D eigenvalue weighted by Gasteiger charge is -2.44. The molecule has 1 fully saturated rings. The van der Waals surface area contributed by atoms with Gasteiger partial charge in [-0.2, -0.15) is 0 Å². The zero-order valence-electron chi connectivity index (χ0n) is 20.0. The average molecular weight is 469 g/mol. The van der Waals surface area contributed by atoms with Gasteiger partial charge in [0.1, 0.15) is 11.5 Å². The van der Waals surface area contributed by atoms with Crippen LogP contribution in [0.1, 0.15) is 31.1 Å². The van der Waals surface area contributed by atoms with E-state index in [1.165, 1.54) is 0 Å². The van der Waals surface area contributed by atoms with Crippen molar-refractivity contribution in [3.63, 3.8) is 0 Å². The molecule has 0 saturated carbocycles. The fourth-order valence-electron chi connectivity index (χ4n) is 4.96. The number of benzene rings is 1. The van der Waals surface area contributed by atoms with Crippen LogP contribution in [0.5, 0.6) is 0 Å². The number of aromatic nitrogens is 3. The van der Waals surface area contributed by atoms with E-state index < -0.39 is 0 Å². The van der Waals surface area contributed by atoms with Crippen molar-refractivity contribution in [2.75, 3.05) is 23.3 Å². The van der Waals surface area contributed by atoms with Crippen LogP contribution in [-0.2, 0) is 4.79 Å². The molecule has 3 aromatic heterocycles. The standard InChI is InChI=1S/C27H28N6O2/c1-17-15-32(16-18(2)33(17)19(3)34)25-11-7-10-24(31-25)23-14-29-26-22(23)12-21(13-28-26)30-27(35)20-8-5-4-6-9-20/h4-14,17-18H,15-16H2,1-3H3,(H,28,29)(H,30,35)/t17-,18+. The molecule has 2 atom stereocenters. The number of carbonyl (C=O) groups excluding carboxylic acids is 2. The van der Waals surface area contributed by atoms with Crippen molar-refractivity contribution in [1.82, 2.24) is 19.9 Å². The molecule has 35 heavy (non-hydrogen) atoms. The van der Waals surface area contributed by atoms with Gasteiger partial charge in [-0.15, -0.1) is 0 Å². The van der Waals surface area contributed by atoms with Crippen molar-refractivity contribution in [3.8, 4) is 11.3 Å². The van der Waals surface area contributed by atoms with Crippen LogP contribution in [0.4, 0.5) is 11.5 Å². The maximum Gasteiger partial charge on any atom is 0.255 e. The van der Waals surface area contributed by atoms with Gasteiger partial charge in [0.2, 0.25) is 5.91 Å². The number of nitrogens with one attached hydrogen (secondary N) is 2. The first kappa shape index (κ1) is 22.6. The topological polar surface area (TPSA) is 94.2 Å². The smallest absolute Gasteiger partial charge is 0.255 e. The summed E-state index contributed by atoms with van der Waals surface area (Å²) in [6, 6.07) is 17.2. The highest BCUT2D eigenvalue weighted by atomic mass is 16.2. The SMILES string of the molecule is CC(=O)N1[C@H](C)CN(c2cccc(-c3c[nH]c4ncc(NC(=O)c5ccccc5)cc34)n2)C[C@@H]1C. The van der Waals surface area contributed by atoms with E-state index in [1.807, 2.05) is 53.6 Å². The summed E-state index contributed by atoms with van der Waals surface area (Å²) >= 11 is 0. The van der Waals surface area contributed by atoms with Gasteiger partial charge in [0.25, 0.3) is 5.91 Å². The van der Waals surface area contributed by atoms with E-state index in [9.17, 15) is 9.59 Å². The lowest BCUT2D eigenvalue weighted by molar-refractivity contribution is -0.133. The number of nitrogens with zero attached hydrogens (tertiary/aromatic N) is 4. The van der Waals surface area contributed by atoms with Crippen LogP contribution in [-0.4, -0.2) is 56.8 Å². The van der Waals surface area contributed by atoms with Crippen molar-refractivity contribution in [2.45, 2.75) is 32.9 Å². The Hall–Kier alpha value is -4.20. The van der Waals surface area contributed by atoms with Crippen molar-refractivity contribution >= 4 is 34.4 Å². The Morgan fingerprint density at radius 3 is 2.49 bits per heavy atom. The monoisotopic (exact) mass is 468 g/mol. The first-order valence-corrected chi connectivity index (χ1v) is 11.8. The van der Waals surface area contributed by atoms with Crippen LogP contribution in [0.15, 0.2) is 67.0 Å². The number of piperazine rings is 1. The second-order valence-corrected chi connectivity index (χ2v) is 9.05. The van der Waals surface area contributed by atoms with E-state index in [0.29, 0.717) is 11.3 Å². The van der Waals surface area contributed by atoms with Crippen molar-refractivity contribution in [3.05, 3.63) is 72.6 Å². The third-order valence-electron chi connectivity index (χ3n) is 6.44. The molecule has 178 valence electrons. The van der Waals surface area contributed by atoms with Crippen LogP contribution < -0.4 is 10.2 Å². The Kier molecular flexibility index (Phi) is 5.94. The lowest BCUT2D eigenvalue weighted by atomic mass is 10.1. The number of anilines is 2. The van der Waals surface area contributed by atoms with E-state index in [4.69, 9.17) is 4.98 Å². The number of hydrogen-bond acceptors (Lipinski definition) is 5. The fraction of sp³-hybridized carbons (Fsp3) is 0.259. The molecule has 8 nitrogen and oxygen atoms in total. The molecule has 8 heteroatoms. The van der Waals surface area contributed by atoms with E-state index in [-0.39, 0.29) is 23.9 Å². The van der Waals surface area contributed by atoms with Crippen molar-refractivity contribution in [2.24, 2.45) is 0 Å². The molecule has 4 heterocycles. The molecule has 4 aromatic rings. The second-order valence-electron chi connectivity index (χ2n) is 9.05. The zero-order valence-corrected chi connectivity index (χ0v) is 20.0. The summed E-state index contributed by atoms with van der Waals surface area (Å²) in [5, 5.41) is 3.81. The Bertz CT molecular complexity index is 1370. The van der Waals surface area contributed by atoms with Gasteiger partial charge < -0.3 is 20.1 Å². The molecular formula is C27H28N6O2. The maximum absolute atomic E-state index is 12.6. The highest BCUT2D eigenvalue weighted by Gasteiger charge is 2.31. The quantitative estimate of drug-likeness (QED) is 0.465. The average Bonchev–Trinajstić information content (AvgIpc) is 3.27. The van der Waals surface area contributed by atoms with Gasteiger partial charge in [-0.25, -0.2) is 9.97 Å². The van der Waals surface area contributed by atoms with Gasteiger partial charge >= 0.3 is 0 Å². The number of pyridine rings is 2. The maximum atomic E-state index is 12.6. The predicted molar refractivity (Wildman–Crippen MR) is 137 cm³/mol. The summed E-state index contributed by atoms with van der Waals surface area (Å²) in [5.41, 5.74) is 3.66. The molecular weight excluding hydrogens is 440 g/mol. The number of carbonyl (C=O) groups is 2. The summed E-state index contributed by atoms with van der Waals surface area (Å²) < 4.78 is 0. The Morgan fingerprint density at radius 2 is 1.77 bits per heavy atom. The van der Waals surface area contributed by atoms with Gasteiger partial charge in [-0.1, -0.05) is 24.3 Å². The third kappa shape index (κ3) is 4.47. The molecule has 2 N–H and O–H groups in total.